The molecule has 0 aromatic carbocycles. The zero-order chi connectivity index (χ0) is 7.14. The minimum Gasteiger partial charge on any atom is -0.480 e. The van der Waals surface area contributed by atoms with E-state index in [2.05, 4.69) is 6.08 Å². The largest absolute Gasteiger partial charge is 0.480 e. The molecule has 2 nitrogen and oxygen atoms in total. The standard InChI is InChI=1S/C7H8O2S/c8-7(9)6-4-1-2-5(3-4)10-6/h1-2,4-6H,3H2,(H,8,9). The molecule has 1 N–H and O–H groups in total. The minimum atomic E-state index is -0.651. The van der Waals surface area contributed by atoms with E-state index in [1.165, 1.54) is 0 Å². The van der Waals surface area contributed by atoms with Gasteiger partial charge in [0.05, 0.1) is 0 Å². The Hall–Kier alpha value is -0.440. The number of carboxylic acids is 1. The van der Waals surface area contributed by atoms with E-state index in [1.54, 1.807) is 11.8 Å². The smallest absolute Gasteiger partial charge is 0.317 e. The van der Waals surface area contributed by atoms with Gasteiger partial charge in [0, 0.05) is 11.2 Å². The lowest BCUT2D eigenvalue weighted by atomic mass is 10.1. The van der Waals surface area contributed by atoms with Crippen LogP contribution in [0.5, 0.6) is 0 Å². The first-order valence-electron chi connectivity index (χ1n) is 3.34. The Morgan fingerprint density at radius 1 is 1.60 bits per heavy atom. The molecule has 10 heavy (non-hydrogen) atoms. The first-order valence-corrected chi connectivity index (χ1v) is 4.28. The van der Waals surface area contributed by atoms with Gasteiger partial charge in [0.25, 0.3) is 0 Å². The third kappa shape index (κ3) is 0.770. The van der Waals surface area contributed by atoms with Crippen LogP contribution in [0.15, 0.2) is 12.2 Å². The minimum absolute atomic E-state index is 0.157. The predicted molar refractivity (Wildman–Crippen MR) is 40.0 cm³/mol. The van der Waals surface area contributed by atoms with E-state index in [9.17, 15) is 4.79 Å². The highest BCUT2D eigenvalue weighted by Crippen LogP contribution is 2.44. The molecule has 1 saturated heterocycles. The van der Waals surface area contributed by atoms with Crippen molar-refractivity contribution in [3.05, 3.63) is 12.2 Å². The molecular formula is C7H8O2S. The van der Waals surface area contributed by atoms with Gasteiger partial charge in [-0.2, -0.15) is 0 Å². The van der Waals surface area contributed by atoms with Crippen LogP contribution in [-0.2, 0) is 4.79 Å². The quantitative estimate of drug-likeness (QED) is 0.578. The van der Waals surface area contributed by atoms with Crippen molar-refractivity contribution >= 4 is 17.7 Å². The Morgan fingerprint density at radius 3 is 2.70 bits per heavy atom. The van der Waals surface area contributed by atoms with Crippen molar-refractivity contribution in [3.63, 3.8) is 0 Å². The summed E-state index contributed by atoms with van der Waals surface area (Å²) in [6.07, 6.45) is 5.20. The van der Waals surface area contributed by atoms with E-state index in [0.29, 0.717) is 11.2 Å². The second kappa shape index (κ2) is 2.02. The van der Waals surface area contributed by atoms with Gasteiger partial charge >= 0.3 is 5.97 Å². The van der Waals surface area contributed by atoms with Crippen LogP contribution in [-0.4, -0.2) is 21.6 Å². The van der Waals surface area contributed by atoms with Gasteiger partial charge in [-0.05, 0) is 6.42 Å². The molecule has 1 aliphatic heterocycles. The first kappa shape index (κ1) is 6.28. The summed E-state index contributed by atoms with van der Waals surface area (Å²) in [4.78, 5) is 10.5. The van der Waals surface area contributed by atoms with E-state index in [-0.39, 0.29) is 5.25 Å². The normalized spacial score (nSPS) is 42.6. The summed E-state index contributed by atoms with van der Waals surface area (Å²) in [6, 6.07) is 0. The Labute approximate surface area is 63.3 Å². The molecule has 1 aliphatic carbocycles. The van der Waals surface area contributed by atoms with Crippen LogP contribution in [0.1, 0.15) is 6.42 Å². The molecule has 0 aromatic heterocycles. The lowest BCUT2D eigenvalue weighted by molar-refractivity contribution is -0.136. The maximum Gasteiger partial charge on any atom is 0.317 e. The van der Waals surface area contributed by atoms with E-state index < -0.39 is 5.97 Å². The van der Waals surface area contributed by atoms with Crippen LogP contribution >= 0.6 is 11.8 Å². The molecule has 3 heteroatoms. The highest BCUT2D eigenvalue weighted by Gasteiger charge is 2.40. The highest BCUT2D eigenvalue weighted by atomic mass is 32.2. The lowest BCUT2D eigenvalue weighted by Crippen LogP contribution is -2.20. The van der Waals surface area contributed by atoms with Crippen molar-refractivity contribution in [1.29, 1.82) is 0 Å². The van der Waals surface area contributed by atoms with Crippen molar-refractivity contribution in [2.24, 2.45) is 5.92 Å². The topological polar surface area (TPSA) is 37.3 Å². The number of allylic oxidation sites excluding steroid dienone is 1. The van der Waals surface area contributed by atoms with Crippen molar-refractivity contribution in [2.75, 3.05) is 0 Å². The lowest BCUT2D eigenvalue weighted by Gasteiger charge is -2.10. The van der Waals surface area contributed by atoms with E-state index >= 15 is 0 Å². The molecule has 54 valence electrons. The Kier molecular flexibility index (Phi) is 1.27. The Bertz CT molecular complexity index is 200. The summed E-state index contributed by atoms with van der Waals surface area (Å²) < 4.78 is 0. The van der Waals surface area contributed by atoms with Gasteiger partial charge in [-0.25, -0.2) is 0 Å². The highest BCUT2D eigenvalue weighted by molar-refractivity contribution is 8.01. The van der Waals surface area contributed by atoms with Gasteiger partial charge in [-0.15, -0.1) is 11.8 Å². The molecule has 1 fully saturated rings. The van der Waals surface area contributed by atoms with Crippen molar-refractivity contribution < 1.29 is 9.90 Å². The molecule has 0 amide bonds. The summed E-state index contributed by atoms with van der Waals surface area (Å²) in [5.74, 6) is -0.339. The van der Waals surface area contributed by atoms with Crippen LogP contribution < -0.4 is 0 Å². The zero-order valence-electron chi connectivity index (χ0n) is 5.36. The molecule has 0 spiro atoms. The fraction of sp³-hybridized carbons (Fsp3) is 0.571. The number of carbonyl (C=O) groups is 1. The number of thioether (sulfide) groups is 1. The second-order valence-corrected chi connectivity index (χ2v) is 4.10. The number of carboxylic acid groups (broad SMARTS) is 1. The van der Waals surface area contributed by atoms with Crippen LogP contribution in [0.4, 0.5) is 0 Å². The van der Waals surface area contributed by atoms with Gasteiger partial charge in [-0.1, -0.05) is 12.2 Å². The van der Waals surface area contributed by atoms with Crippen molar-refractivity contribution in [1.82, 2.24) is 0 Å². The Balaban J connectivity index is 2.16. The van der Waals surface area contributed by atoms with Crippen LogP contribution in [0, 0.1) is 5.92 Å². The predicted octanol–water partition coefficient (Wildman–Crippen LogP) is 1.13. The van der Waals surface area contributed by atoms with Gasteiger partial charge < -0.3 is 5.11 Å². The molecule has 3 atom stereocenters. The summed E-state index contributed by atoms with van der Waals surface area (Å²) in [6.45, 7) is 0. The molecule has 2 bridgehead atoms. The summed E-state index contributed by atoms with van der Waals surface area (Å²) in [5.41, 5.74) is 0. The van der Waals surface area contributed by atoms with E-state index in [4.69, 9.17) is 5.11 Å². The second-order valence-electron chi connectivity index (χ2n) is 2.72. The maximum atomic E-state index is 10.5. The molecule has 2 aliphatic rings. The molecule has 0 radical (unpaired) electrons. The fourth-order valence-corrected chi connectivity index (χ4v) is 2.96. The third-order valence-corrected chi connectivity index (χ3v) is 3.57. The summed E-state index contributed by atoms with van der Waals surface area (Å²) in [5, 5.41) is 9.01. The number of hydrogen-bond donors (Lipinski definition) is 1. The molecular weight excluding hydrogens is 148 g/mol. The molecule has 3 unspecified atom stereocenters. The van der Waals surface area contributed by atoms with Gasteiger partial charge in [-0.3, -0.25) is 4.79 Å². The maximum absolute atomic E-state index is 10.5. The van der Waals surface area contributed by atoms with E-state index in [0.717, 1.165) is 6.42 Å². The average molecular weight is 156 g/mol. The number of rotatable bonds is 1. The van der Waals surface area contributed by atoms with Gasteiger partial charge in [0.2, 0.25) is 0 Å². The Morgan fingerprint density at radius 2 is 2.40 bits per heavy atom. The summed E-state index contributed by atoms with van der Waals surface area (Å²) in [7, 11) is 0. The van der Waals surface area contributed by atoms with Crippen LogP contribution in [0.2, 0.25) is 0 Å². The molecule has 2 rings (SSSR count). The number of fused-ring (bicyclic) bond motifs is 2. The number of hydrogen-bond acceptors (Lipinski definition) is 2. The van der Waals surface area contributed by atoms with Crippen molar-refractivity contribution in [2.45, 2.75) is 16.9 Å². The summed E-state index contributed by atoms with van der Waals surface area (Å²) >= 11 is 1.58. The van der Waals surface area contributed by atoms with Crippen LogP contribution in [0.3, 0.4) is 0 Å². The number of aliphatic carboxylic acids is 1. The molecule has 0 saturated carbocycles. The third-order valence-electron chi connectivity index (χ3n) is 2.03. The van der Waals surface area contributed by atoms with Gasteiger partial charge in [0.1, 0.15) is 5.25 Å². The van der Waals surface area contributed by atoms with E-state index in [1.807, 2.05) is 6.08 Å². The fourth-order valence-electron chi connectivity index (χ4n) is 1.55. The zero-order valence-corrected chi connectivity index (χ0v) is 6.17. The monoisotopic (exact) mass is 156 g/mol. The molecule has 0 aromatic rings. The van der Waals surface area contributed by atoms with Gasteiger partial charge in [0.15, 0.2) is 0 Å². The SMILES string of the molecule is O=C(O)C1SC2C=CC1C2. The molecule has 1 heterocycles. The average Bonchev–Trinajstić information content (AvgIpc) is 2.44. The first-order chi connectivity index (χ1) is 4.77. The van der Waals surface area contributed by atoms with Crippen LogP contribution in [0.25, 0.3) is 0 Å². The van der Waals surface area contributed by atoms with Crippen molar-refractivity contribution in [3.8, 4) is 0 Å².